The summed E-state index contributed by atoms with van der Waals surface area (Å²) in [5.74, 6) is -1.08. The highest BCUT2D eigenvalue weighted by Crippen LogP contribution is 2.30. The molecule has 0 atom stereocenters. The lowest BCUT2D eigenvalue weighted by Gasteiger charge is -2.13. The molecular formula is C8H5Cl2N3O3S. The smallest absolute Gasteiger partial charge is 0.275 e. The van der Waals surface area contributed by atoms with Gasteiger partial charge in [0.15, 0.2) is 0 Å². The number of halogens is 2. The number of imide groups is 1. The topological polar surface area (TPSA) is 78.5 Å². The van der Waals surface area contributed by atoms with Crippen molar-refractivity contribution in [2.24, 2.45) is 0 Å². The molecule has 0 unspecified atom stereocenters. The first-order valence-electron chi connectivity index (χ1n) is 4.34. The van der Waals surface area contributed by atoms with Crippen molar-refractivity contribution in [2.75, 3.05) is 6.54 Å². The van der Waals surface area contributed by atoms with Crippen LogP contribution in [0.25, 0.3) is 0 Å². The van der Waals surface area contributed by atoms with Gasteiger partial charge in [0.05, 0.1) is 9.90 Å². The minimum atomic E-state index is -0.680. The fourth-order valence-corrected chi connectivity index (χ4v) is 2.67. The van der Waals surface area contributed by atoms with Crippen molar-refractivity contribution in [3.8, 4) is 0 Å². The number of hydrogen-bond donors (Lipinski definition) is 2. The fourth-order valence-electron chi connectivity index (χ4n) is 1.21. The molecule has 1 aliphatic heterocycles. The second-order valence-corrected chi connectivity index (χ2v) is 5.40. The SMILES string of the molecule is O=C1CN(NC(=O)c2cc(Cl)sc2Cl)C(=O)N1. The molecule has 0 spiro atoms. The predicted octanol–water partition coefficient (Wildman–Crippen LogP) is 1.25. The zero-order valence-corrected chi connectivity index (χ0v) is 10.4. The summed E-state index contributed by atoms with van der Waals surface area (Å²) in [6.45, 7) is -0.222. The quantitative estimate of drug-likeness (QED) is 0.806. The Kier molecular flexibility index (Phi) is 3.23. The summed E-state index contributed by atoms with van der Waals surface area (Å²) >= 11 is 12.5. The molecule has 0 aliphatic carbocycles. The van der Waals surface area contributed by atoms with Crippen LogP contribution in [0.5, 0.6) is 0 Å². The van der Waals surface area contributed by atoms with Crippen LogP contribution >= 0.6 is 34.5 Å². The summed E-state index contributed by atoms with van der Waals surface area (Å²) in [4.78, 5) is 33.8. The highest BCUT2D eigenvalue weighted by Gasteiger charge is 2.29. The van der Waals surface area contributed by atoms with Gasteiger partial charge in [0.25, 0.3) is 5.91 Å². The first kappa shape index (κ1) is 12.2. The Labute approximate surface area is 109 Å². The molecule has 1 aromatic rings. The van der Waals surface area contributed by atoms with Gasteiger partial charge in [-0.25, -0.2) is 9.80 Å². The molecule has 0 radical (unpaired) electrons. The van der Waals surface area contributed by atoms with Gasteiger partial charge in [0, 0.05) is 0 Å². The van der Waals surface area contributed by atoms with Crippen molar-refractivity contribution in [3.63, 3.8) is 0 Å². The summed E-state index contributed by atoms with van der Waals surface area (Å²) in [6.07, 6.45) is 0. The molecule has 0 aromatic carbocycles. The third-order valence-corrected chi connectivity index (χ3v) is 3.42. The number of nitrogens with one attached hydrogen (secondary N) is 2. The van der Waals surface area contributed by atoms with Gasteiger partial charge in [-0.15, -0.1) is 11.3 Å². The molecule has 17 heavy (non-hydrogen) atoms. The molecule has 2 N–H and O–H groups in total. The van der Waals surface area contributed by atoms with Crippen molar-refractivity contribution in [3.05, 3.63) is 20.3 Å². The third kappa shape index (κ3) is 2.51. The maximum Gasteiger partial charge on any atom is 0.343 e. The predicted molar refractivity (Wildman–Crippen MR) is 62.0 cm³/mol. The van der Waals surface area contributed by atoms with Crippen LogP contribution in [-0.2, 0) is 4.79 Å². The van der Waals surface area contributed by atoms with E-state index in [1.165, 1.54) is 6.07 Å². The number of rotatable bonds is 2. The highest BCUT2D eigenvalue weighted by atomic mass is 35.5. The maximum absolute atomic E-state index is 11.7. The lowest BCUT2D eigenvalue weighted by Crippen LogP contribution is -2.44. The number of carbonyl (C=O) groups excluding carboxylic acids is 3. The minimum absolute atomic E-state index is 0.161. The molecule has 6 nitrogen and oxygen atoms in total. The van der Waals surface area contributed by atoms with E-state index in [4.69, 9.17) is 23.2 Å². The minimum Gasteiger partial charge on any atom is -0.275 e. The Balaban J connectivity index is 2.10. The molecule has 1 aromatic heterocycles. The van der Waals surface area contributed by atoms with E-state index in [9.17, 15) is 14.4 Å². The van der Waals surface area contributed by atoms with Crippen LogP contribution in [0.15, 0.2) is 6.07 Å². The first-order chi connectivity index (χ1) is 7.97. The molecule has 9 heteroatoms. The fraction of sp³-hybridized carbons (Fsp3) is 0.125. The van der Waals surface area contributed by atoms with Crippen molar-refractivity contribution >= 4 is 52.4 Å². The van der Waals surface area contributed by atoms with Crippen molar-refractivity contribution in [2.45, 2.75) is 0 Å². The summed E-state index contributed by atoms with van der Waals surface area (Å²) < 4.78 is 0.584. The van der Waals surface area contributed by atoms with Crippen LogP contribution in [0.2, 0.25) is 8.67 Å². The molecule has 0 saturated carbocycles. The number of thiophene rings is 1. The van der Waals surface area contributed by atoms with Crippen LogP contribution < -0.4 is 10.7 Å². The summed E-state index contributed by atoms with van der Waals surface area (Å²) in [5, 5.41) is 2.89. The Morgan fingerprint density at radius 3 is 2.65 bits per heavy atom. The van der Waals surface area contributed by atoms with Crippen LogP contribution in [0.3, 0.4) is 0 Å². The number of hydrazine groups is 1. The van der Waals surface area contributed by atoms with Gasteiger partial charge in [-0.05, 0) is 6.07 Å². The Morgan fingerprint density at radius 1 is 1.47 bits per heavy atom. The second kappa shape index (κ2) is 4.52. The molecule has 1 saturated heterocycles. The molecular weight excluding hydrogens is 289 g/mol. The van der Waals surface area contributed by atoms with E-state index < -0.39 is 17.8 Å². The molecule has 1 aliphatic rings. The van der Waals surface area contributed by atoms with E-state index in [0.29, 0.717) is 4.34 Å². The lowest BCUT2D eigenvalue weighted by molar-refractivity contribution is -0.118. The number of nitrogens with zero attached hydrogens (tertiary/aromatic N) is 1. The zero-order chi connectivity index (χ0) is 12.6. The maximum atomic E-state index is 11.7. The van der Waals surface area contributed by atoms with E-state index in [1.54, 1.807) is 0 Å². The van der Waals surface area contributed by atoms with Gasteiger partial charge in [0.1, 0.15) is 10.9 Å². The zero-order valence-electron chi connectivity index (χ0n) is 8.12. The van der Waals surface area contributed by atoms with Gasteiger partial charge >= 0.3 is 6.03 Å². The van der Waals surface area contributed by atoms with Gasteiger partial charge in [0.2, 0.25) is 5.91 Å². The van der Waals surface area contributed by atoms with E-state index in [-0.39, 0.29) is 16.4 Å². The number of carbonyl (C=O) groups is 3. The molecule has 0 bridgehead atoms. The summed E-state index contributed by atoms with van der Waals surface area (Å²) in [7, 11) is 0. The number of urea groups is 1. The van der Waals surface area contributed by atoms with Gasteiger partial charge in [-0.3, -0.25) is 20.3 Å². The second-order valence-electron chi connectivity index (χ2n) is 3.12. The Bertz CT molecular complexity index is 516. The third-order valence-electron chi connectivity index (χ3n) is 1.93. The van der Waals surface area contributed by atoms with Crippen molar-refractivity contribution < 1.29 is 14.4 Å². The average Bonchev–Trinajstić information content (AvgIpc) is 2.70. The van der Waals surface area contributed by atoms with E-state index >= 15 is 0 Å². The Morgan fingerprint density at radius 2 is 2.18 bits per heavy atom. The van der Waals surface area contributed by atoms with Crippen LogP contribution in [0.1, 0.15) is 10.4 Å². The number of amides is 4. The normalized spacial score (nSPS) is 15.1. The average molecular weight is 294 g/mol. The lowest BCUT2D eigenvalue weighted by atomic mass is 10.3. The summed E-state index contributed by atoms with van der Waals surface area (Å²) in [6, 6.07) is 0.709. The highest BCUT2D eigenvalue weighted by molar-refractivity contribution is 7.20. The van der Waals surface area contributed by atoms with Gasteiger partial charge in [-0.2, -0.15) is 0 Å². The molecule has 4 amide bonds. The van der Waals surface area contributed by atoms with Gasteiger partial charge in [-0.1, -0.05) is 23.2 Å². The molecule has 2 heterocycles. The monoisotopic (exact) mass is 293 g/mol. The van der Waals surface area contributed by atoms with E-state index in [0.717, 1.165) is 16.3 Å². The van der Waals surface area contributed by atoms with Crippen LogP contribution in [0.4, 0.5) is 4.79 Å². The van der Waals surface area contributed by atoms with Crippen molar-refractivity contribution in [1.82, 2.24) is 15.8 Å². The van der Waals surface area contributed by atoms with Crippen LogP contribution in [0, 0.1) is 0 Å². The molecule has 2 rings (SSSR count). The summed E-state index contributed by atoms with van der Waals surface area (Å²) in [5.41, 5.74) is 2.42. The number of hydrogen-bond acceptors (Lipinski definition) is 4. The van der Waals surface area contributed by atoms with E-state index in [1.807, 2.05) is 5.32 Å². The Hall–Kier alpha value is -1.31. The van der Waals surface area contributed by atoms with Gasteiger partial charge < -0.3 is 0 Å². The standard InChI is InChI=1S/C8H5Cl2N3O3S/c9-4-1-3(6(10)17-4)7(15)12-13-2-5(14)11-8(13)16/h1H,2H2,(H,12,15)(H,11,14,16). The molecule has 1 fully saturated rings. The van der Waals surface area contributed by atoms with Crippen molar-refractivity contribution in [1.29, 1.82) is 0 Å². The van der Waals surface area contributed by atoms with Crippen LogP contribution in [-0.4, -0.2) is 29.4 Å². The van der Waals surface area contributed by atoms with E-state index in [2.05, 4.69) is 5.43 Å². The molecule has 90 valence electrons. The largest absolute Gasteiger partial charge is 0.343 e. The first-order valence-corrected chi connectivity index (χ1v) is 5.92.